The first kappa shape index (κ1) is 8.51. The number of rotatable bonds is 2. The zero-order chi connectivity index (χ0) is 9.10. The zero-order valence-corrected chi connectivity index (χ0v) is 7.69. The second kappa shape index (κ2) is 3.75. The monoisotopic (exact) mass is 179 g/mol. The number of ether oxygens (including phenoxy) is 2. The first-order valence-electron chi connectivity index (χ1n) is 4.51. The lowest BCUT2D eigenvalue weighted by Crippen LogP contribution is -2.16. The van der Waals surface area contributed by atoms with Crippen LogP contribution in [-0.2, 0) is 4.74 Å². The number of nitrogens with zero attached hydrogens (tertiary/aromatic N) is 1. The molecule has 0 saturated carbocycles. The zero-order valence-electron chi connectivity index (χ0n) is 7.69. The Labute approximate surface area is 77.7 Å². The molecule has 0 spiro atoms. The lowest BCUT2D eigenvalue weighted by molar-refractivity contribution is 0.138. The molecule has 13 heavy (non-hydrogen) atoms. The highest BCUT2D eigenvalue weighted by Gasteiger charge is 2.17. The summed E-state index contributed by atoms with van der Waals surface area (Å²) < 4.78 is 10.8. The predicted molar refractivity (Wildman–Crippen MR) is 48.8 cm³/mol. The summed E-state index contributed by atoms with van der Waals surface area (Å²) in [5.41, 5.74) is 1.17. The topological polar surface area (TPSA) is 31.4 Å². The molecule has 1 atom stereocenters. The smallest absolute Gasteiger partial charge is 0.213 e. The Morgan fingerprint density at radius 3 is 3.23 bits per heavy atom. The molecule has 0 amide bonds. The molecule has 0 aliphatic carbocycles. The van der Waals surface area contributed by atoms with Gasteiger partial charge in [-0.05, 0) is 18.6 Å². The van der Waals surface area contributed by atoms with E-state index in [4.69, 9.17) is 9.47 Å². The fraction of sp³-hybridized carbons (Fsp3) is 0.500. The van der Waals surface area contributed by atoms with Gasteiger partial charge in [0.1, 0.15) is 6.10 Å². The van der Waals surface area contributed by atoms with Crippen molar-refractivity contribution >= 4 is 0 Å². The Morgan fingerprint density at radius 2 is 2.54 bits per heavy atom. The molecule has 3 heteroatoms. The molecule has 1 saturated heterocycles. The van der Waals surface area contributed by atoms with E-state index >= 15 is 0 Å². The van der Waals surface area contributed by atoms with Crippen molar-refractivity contribution < 1.29 is 9.47 Å². The molecule has 3 nitrogen and oxygen atoms in total. The number of pyridine rings is 1. The van der Waals surface area contributed by atoms with Gasteiger partial charge >= 0.3 is 0 Å². The maximum absolute atomic E-state index is 5.62. The second-order valence-electron chi connectivity index (χ2n) is 3.27. The highest BCUT2D eigenvalue weighted by Crippen LogP contribution is 2.14. The summed E-state index contributed by atoms with van der Waals surface area (Å²) in [6.07, 6.45) is 2.92. The normalized spacial score (nSPS) is 21.8. The van der Waals surface area contributed by atoms with E-state index in [2.05, 4.69) is 4.98 Å². The van der Waals surface area contributed by atoms with E-state index in [0.717, 1.165) is 13.0 Å². The van der Waals surface area contributed by atoms with Gasteiger partial charge in [-0.3, -0.25) is 0 Å². The van der Waals surface area contributed by atoms with Crippen LogP contribution in [0.3, 0.4) is 0 Å². The molecule has 1 aromatic rings. The molecule has 0 radical (unpaired) electrons. The standard InChI is InChI=1S/C10H13NO2/c1-8-2-4-11-10(6-8)13-9-3-5-12-7-9/h2,4,6,9H,3,5,7H2,1H3/t9-/m1/s1. The number of aryl methyl sites for hydroxylation is 1. The van der Waals surface area contributed by atoms with Crippen LogP contribution in [0.4, 0.5) is 0 Å². The lowest BCUT2D eigenvalue weighted by atomic mass is 10.3. The predicted octanol–water partition coefficient (Wildman–Crippen LogP) is 1.56. The van der Waals surface area contributed by atoms with E-state index in [9.17, 15) is 0 Å². The van der Waals surface area contributed by atoms with Crippen LogP contribution in [0.5, 0.6) is 5.88 Å². The van der Waals surface area contributed by atoms with E-state index in [-0.39, 0.29) is 6.10 Å². The van der Waals surface area contributed by atoms with Crippen LogP contribution in [-0.4, -0.2) is 24.3 Å². The van der Waals surface area contributed by atoms with Crippen molar-refractivity contribution in [2.24, 2.45) is 0 Å². The van der Waals surface area contributed by atoms with Crippen LogP contribution in [0.1, 0.15) is 12.0 Å². The van der Waals surface area contributed by atoms with E-state index in [1.165, 1.54) is 5.56 Å². The average molecular weight is 179 g/mol. The molecular weight excluding hydrogens is 166 g/mol. The Balaban J connectivity index is 2.00. The minimum Gasteiger partial charge on any atom is -0.472 e. The molecule has 70 valence electrons. The first-order chi connectivity index (χ1) is 6.34. The molecule has 0 bridgehead atoms. The SMILES string of the molecule is Cc1ccnc(O[C@@H]2CCOC2)c1. The molecule has 0 unspecified atom stereocenters. The Hall–Kier alpha value is -1.09. The lowest BCUT2D eigenvalue weighted by Gasteiger charge is -2.10. The molecule has 0 aromatic carbocycles. The van der Waals surface area contributed by atoms with Gasteiger partial charge in [0, 0.05) is 18.7 Å². The van der Waals surface area contributed by atoms with E-state index in [1.54, 1.807) is 6.20 Å². The van der Waals surface area contributed by atoms with Crippen molar-refractivity contribution in [3.63, 3.8) is 0 Å². The van der Waals surface area contributed by atoms with E-state index in [1.807, 2.05) is 19.1 Å². The highest BCUT2D eigenvalue weighted by atomic mass is 16.5. The quantitative estimate of drug-likeness (QED) is 0.690. The fourth-order valence-corrected chi connectivity index (χ4v) is 1.35. The summed E-state index contributed by atoms with van der Waals surface area (Å²) in [7, 11) is 0. The van der Waals surface area contributed by atoms with Gasteiger partial charge in [0.05, 0.1) is 13.2 Å². The van der Waals surface area contributed by atoms with Crippen LogP contribution in [0.15, 0.2) is 18.3 Å². The van der Waals surface area contributed by atoms with Crippen LogP contribution < -0.4 is 4.74 Å². The van der Waals surface area contributed by atoms with Crippen LogP contribution in [0.2, 0.25) is 0 Å². The fourth-order valence-electron chi connectivity index (χ4n) is 1.35. The second-order valence-corrected chi connectivity index (χ2v) is 3.27. The van der Waals surface area contributed by atoms with Gasteiger partial charge in [-0.1, -0.05) is 0 Å². The summed E-state index contributed by atoms with van der Waals surface area (Å²) in [6, 6.07) is 3.90. The van der Waals surface area contributed by atoms with E-state index < -0.39 is 0 Å². The van der Waals surface area contributed by atoms with Crippen molar-refractivity contribution in [1.82, 2.24) is 4.98 Å². The third-order valence-corrected chi connectivity index (χ3v) is 2.07. The van der Waals surface area contributed by atoms with Gasteiger partial charge in [0.15, 0.2) is 0 Å². The van der Waals surface area contributed by atoms with Crippen molar-refractivity contribution in [2.75, 3.05) is 13.2 Å². The molecule has 1 aliphatic heterocycles. The van der Waals surface area contributed by atoms with Crippen LogP contribution in [0, 0.1) is 6.92 Å². The Morgan fingerprint density at radius 1 is 1.62 bits per heavy atom. The summed E-state index contributed by atoms with van der Waals surface area (Å²) in [6.45, 7) is 3.52. The molecule has 2 rings (SSSR count). The van der Waals surface area contributed by atoms with Gasteiger partial charge < -0.3 is 9.47 Å². The Bertz CT molecular complexity index is 282. The molecule has 0 N–H and O–H groups in total. The van der Waals surface area contributed by atoms with Crippen molar-refractivity contribution in [1.29, 1.82) is 0 Å². The highest BCUT2D eigenvalue weighted by molar-refractivity contribution is 5.18. The minimum absolute atomic E-state index is 0.189. The maximum atomic E-state index is 5.62. The van der Waals surface area contributed by atoms with E-state index in [0.29, 0.717) is 12.5 Å². The number of aromatic nitrogens is 1. The van der Waals surface area contributed by atoms with Crippen molar-refractivity contribution in [3.05, 3.63) is 23.9 Å². The third kappa shape index (κ3) is 2.18. The summed E-state index contributed by atoms with van der Waals surface area (Å²) in [4.78, 5) is 4.13. The molecular formula is C10H13NO2. The van der Waals surface area contributed by atoms with Crippen molar-refractivity contribution in [3.8, 4) is 5.88 Å². The van der Waals surface area contributed by atoms with Gasteiger partial charge in [-0.15, -0.1) is 0 Å². The number of hydrogen-bond donors (Lipinski definition) is 0. The molecule has 2 heterocycles. The third-order valence-electron chi connectivity index (χ3n) is 2.07. The summed E-state index contributed by atoms with van der Waals surface area (Å²) >= 11 is 0. The van der Waals surface area contributed by atoms with Crippen LogP contribution >= 0.6 is 0 Å². The van der Waals surface area contributed by atoms with Crippen molar-refractivity contribution in [2.45, 2.75) is 19.4 Å². The number of hydrogen-bond acceptors (Lipinski definition) is 3. The summed E-state index contributed by atoms with van der Waals surface area (Å²) in [5, 5.41) is 0. The minimum atomic E-state index is 0.189. The van der Waals surface area contributed by atoms with Crippen LogP contribution in [0.25, 0.3) is 0 Å². The largest absolute Gasteiger partial charge is 0.472 e. The molecule has 1 fully saturated rings. The Kier molecular flexibility index (Phi) is 2.45. The molecule has 1 aromatic heterocycles. The maximum Gasteiger partial charge on any atom is 0.213 e. The first-order valence-corrected chi connectivity index (χ1v) is 4.51. The van der Waals surface area contributed by atoms with Gasteiger partial charge in [-0.25, -0.2) is 4.98 Å². The summed E-state index contributed by atoms with van der Waals surface area (Å²) in [5.74, 6) is 0.704. The van der Waals surface area contributed by atoms with Gasteiger partial charge in [0.2, 0.25) is 5.88 Å². The molecule has 1 aliphatic rings. The van der Waals surface area contributed by atoms with Gasteiger partial charge in [0.25, 0.3) is 0 Å². The average Bonchev–Trinajstić information content (AvgIpc) is 2.57. The van der Waals surface area contributed by atoms with Gasteiger partial charge in [-0.2, -0.15) is 0 Å².